The van der Waals surface area contributed by atoms with Gasteiger partial charge in [-0.15, -0.1) is 11.3 Å². The molecule has 1 heterocycles. The first-order valence-corrected chi connectivity index (χ1v) is 12.2. The predicted octanol–water partition coefficient (Wildman–Crippen LogP) is 5.97. The minimum absolute atomic E-state index is 0.180. The molecule has 0 radical (unpaired) electrons. The van der Waals surface area contributed by atoms with Crippen LogP contribution in [0.25, 0.3) is 10.8 Å². The zero-order valence-corrected chi connectivity index (χ0v) is 20.3. The summed E-state index contributed by atoms with van der Waals surface area (Å²) in [7, 11) is 0. The Morgan fingerprint density at radius 2 is 1.46 bits per heavy atom. The van der Waals surface area contributed by atoms with Gasteiger partial charge in [-0.2, -0.15) is 0 Å². The molecule has 0 aliphatic heterocycles. The van der Waals surface area contributed by atoms with Crippen molar-refractivity contribution < 1.29 is 23.8 Å². The minimum Gasteiger partial charge on any atom is -0.492 e. The molecule has 7 nitrogen and oxygen atoms in total. The molecule has 4 aromatic rings. The Labute approximate surface area is 207 Å². The average molecular weight is 491 g/mol. The summed E-state index contributed by atoms with van der Waals surface area (Å²) in [6, 6.07) is 20.4. The van der Waals surface area contributed by atoms with Gasteiger partial charge in [0.2, 0.25) is 0 Å². The Morgan fingerprint density at radius 3 is 2.14 bits per heavy atom. The van der Waals surface area contributed by atoms with Crippen LogP contribution in [0.3, 0.4) is 0 Å². The molecule has 180 valence electrons. The molecule has 0 atom stereocenters. The molecule has 0 fully saturated rings. The smallest absolute Gasteiger partial charge is 0.265 e. The molecule has 8 heteroatoms. The third kappa shape index (κ3) is 5.91. The number of fused-ring (bicyclic) bond motifs is 1. The number of hydrogen-bond donors (Lipinski definition) is 2. The van der Waals surface area contributed by atoms with Crippen molar-refractivity contribution in [2.24, 2.45) is 0 Å². The molecule has 4 rings (SSSR count). The minimum atomic E-state index is -0.350. The highest BCUT2D eigenvalue weighted by Gasteiger charge is 2.17. The number of carbonyl (C=O) groups is 2. The average Bonchev–Trinajstić information content (AvgIpc) is 3.41. The molecule has 0 spiro atoms. The van der Waals surface area contributed by atoms with Gasteiger partial charge in [0.15, 0.2) is 6.61 Å². The summed E-state index contributed by atoms with van der Waals surface area (Å²) < 4.78 is 17.3. The zero-order valence-electron chi connectivity index (χ0n) is 19.5. The van der Waals surface area contributed by atoms with Gasteiger partial charge < -0.3 is 24.8 Å². The van der Waals surface area contributed by atoms with Crippen molar-refractivity contribution in [2.45, 2.75) is 13.8 Å². The fourth-order valence-corrected chi connectivity index (χ4v) is 4.17. The Kier molecular flexibility index (Phi) is 7.84. The van der Waals surface area contributed by atoms with Crippen molar-refractivity contribution >= 4 is 45.3 Å². The van der Waals surface area contributed by atoms with Crippen LogP contribution >= 0.6 is 11.3 Å². The van der Waals surface area contributed by atoms with Crippen LogP contribution in [0.1, 0.15) is 23.5 Å². The van der Waals surface area contributed by atoms with E-state index >= 15 is 0 Å². The van der Waals surface area contributed by atoms with E-state index in [1.54, 1.807) is 18.2 Å². The Hall–Kier alpha value is -4.04. The highest BCUT2D eigenvalue weighted by molar-refractivity contribution is 7.12. The van der Waals surface area contributed by atoms with Gasteiger partial charge in [0.25, 0.3) is 11.8 Å². The zero-order chi connectivity index (χ0) is 24.6. The standard InChI is InChI=1S/C27H26N2O5S/c1-3-32-23-16-21(29-27(31)25-13-8-14-35-25)24(33-4-2)15-20(23)28-26(30)17-34-22-12-7-10-18-9-5-6-11-19(18)22/h5-16H,3-4,17H2,1-2H3,(H,28,30)(H,29,31). The van der Waals surface area contributed by atoms with Crippen molar-refractivity contribution in [3.05, 3.63) is 77.0 Å². The quantitative estimate of drug-likeness (QED) is 0.286. The van der Waals surface area contributed by atoms with Gasteiger partial charge in [-0.3, -0.25) is 9.59 Å². The van der Waals surface area contributed by atoms with Gasteiger partial charge in [0.05, 0.1) is 29.5 Å². The molecular formula is C27H26N2O5S. The lowest BCUT2D eigenvalue weighted by Crippen LogP contribution is -2.21. The highest BCUT2D eigenvalue weighted by atomic mass is 32.1. The fraction of sp³-hybridized carbons (Fsp3) is 0.185. The summed E-state index contributed by atoms with van der Waals surface area (Å²) in [4.78, 5) is 25.9. The van der Waals surface area contributed by atoms with Gasteiger partial charge in [-0.25, -0.2) is 0 Å². The van der Waals surface area contributed by atoms with Gasteiger partial charge in [-0.1, -0.05) is 42.5 Å². The second-order valence-electron chi connectivity index (χ2n) is 7.46. The van der Waals surface area contributed by atoms with E-state index in [-0.39, 0.29) is 18.4 Å². The van der Waals surface area contributed by atoms with Crippen LogP contribution < -0.4 is 24.8 Å². The number of hydrogen-bond acceptors (Lipinski definition) is 6. The Bertz CT molecular complexity index is 1320. The molecule has 0 aliphatic carbocycles. The molecule has 2 N–H and O–H groups in total. The number of ether oxygens (including phenoxy) is 3. The van der Waals surface area contributed by atoms with Crippen LogP contribution in [0.2, 0.25) is 0 Å². The molecule has 0 aliphatic rings. The van der Waals surface area contributed by atoms with E-state index in [0.717, 1.165) is 10.8 Å². The van der Waals surface area contributed by atoms with Gasteiger partial charge in [-0.05, 0) is 36.7 Å². The van der Waals surface area contributed by atoms with Gasteiger partial charge in [0.1, 0.15) is 17.2 Å². The lowest BCUT2D eigenvalue weighted by molar-refractivity contribution is -0.118. The van der Waals surface area contributed by atoms with Crippen molar-refractivity contribution in [1.29, 1.82) is 0 Å². The van der Waals surface area contributed by atoms with E-state index in [1.165, 1.54) is 11.3 Å². The molecule has 0 unspecified atom stereocenters. The molecule has 1 aromatic heterocycles. The second kappa shape index (κ2) is 11.4. The van der Waals surface area contributed by atoms with Crippen LogP contribution in [-0.4, -0.2) is 31.6 Å². The molecular weight excluding hydrogens is 464 g/mol. The Balaban J connectivity index is 1.52. The molecule has 0 saturated carbocycles. The number of benzene rings is 3. The topological polar surface area (TPSA) is 85.9 Å². The second-order valence-corrected chi connectivity index (χ2v) is 8.40. The van der Waals surface area contributed by atoms with E-state index in [2.05, 4.69) is 10.6 Å². The van der Waals surface area contributed by atoms with Crippen molar-refractivity contribution in [3.8, 4) is 17.2 Å². The number of nitrogens with one attached hydrogen (secondary N) is 2. The first-order chi connectivity index (χ1) is 17.1. The highest BCUT2D eigenvalue weighted by Crippen LogP contribution is 2.37. The monoisotopic (exact) mass is 490 g/mol. The van der Waals surface area contributed by atoms with Crippen molar-refractivity contribution in [3.63, 3.8) is 0 Å². The third-order valence-electron chi connectivity index (χ3n) is 5.06. The fourth-order valence-electron chi connectivity index (χ4n) is 3.55. The number of anilines is 2. The van der Waals surface area contributed by atoms with Crippen LogP contribution in [-0.2, 0) is 4.79 Å². The molecule has 0 saturated heterocycles. The number of rotatable bonds is 10. The van der Waals surface area contributed by atoms with Gasteiger partial charge in [0, 0.05) is 17.5 Å². The maximum absolute atomic E-state index is 12.8. The largest absolute Gasteiger partial charge is 0.492 e. The number of amides is 2. The number of carbonyl (C=O) groups excluding carboxylic acids is 2. The molecule has 0 bridgehead atoms. The number of thiophene rings is 1. The van der Waals surface area contributed by atoms with Crippen LogP contribution in [0.4, 0.5) is 11.4 Å². The SMILES string of the molecule is CCOc1cc(NC(=O)c2cccs2)c(OCC)cc1NC(=O)COc1cccc2ccccc12. The maximum atomic E-state index is 12.8. The third-order valence-corrected chi connectivity index (χ3v) is 5.93. The van der Waals surface area contributed by atoms with Crippen molar-refractivity contribution in [1.82, 2.24) is 0 Å². The van der Waals surface area contributed by atoms with Crippen LogP contribution in [0, 0.1) is 0 Å². The van der Waals surface area contributed by atoms with E-state index < -0.39 is 0 Å². The van der Waals surface area contributed by atoms with Crippen LogP contribution in [0.5, 0.6) is 17.2 Å². The molecule has 35 heavy (non-hydrogen) atoms. The predicted molar refractivity (Wildman–Crippen MR) is 139 cm³/mol. The molecule has 3 aromatic carbocycles. The van der Waals surface area contributed by atoms with Gasteiger partial charge >= 0.3 is 0 Å². The van der Waals surface area contributed by atoms with E-state index in [0.29, 0.717) is 46.7 Å². The first-order valence-electron chi connectivity index (χ1n) is 11.3. The summed E-state index contributed by atoms with van der Waals surface area (Å²) in [5, 5.41) is 9.51. The van der Waals surface area contributed by atoms with E-state index in [9.17, 15) is 9.59 Å². The van der Waals surface area contributed by atoms with E-state index in [4.69, 9.17) is 14.2 Å². The first kappa shape index (κ1) is 24.1. The maximum Gasteiger partial charge on any atom is 0.265 e. The summed E-state index contributed by atoms with van der Waals surface area (Å²) >= 11 is 1.34. The normalized spacial score (nSPS) is 10.6. The van der Waals surface area contributed by atoms with Crippen molar-refractivity contribution in [2.75, 3.05) is 30.5 Å². The summed E-state index contributed by atoms with van der Waals surface area (Å²) in [6.45, 7) is 4.27. The summed E-state index contributed by atoms with van der Waals surface area (Å²) in [5.41, 5.74) is 0.884. The summed E-state index contributed by atoms with van der Waals surface area (Å²) in [6.07, 6.45) is 0. The van der Waals surface area contributed by atoms with Crippen LogP contribution in [0.15, 0.2) is 72.1 Å². The summed E-state index contributed by atoms with van der Waals surface area (Å²) in [5.74, 6) is 0.868. The lowest BCUT2D eigenvalue weighted by Gasteiger charge is -2.18. The Morgan fingerprint density at radius 1 is 0.771 bits per heavy atom. The van der Waals surface area contributed by atoms with E-state index in [1.807, 2.05) is 67.8 Å². The lowest BCUT2D eigenvalue weighted by atomic mass is 10.1. The molecule has 2 amide bonds.